The van der Waals surface area contributed by atoms with Gasteiger partial charge in [-0.25, -0.2) is 4.98 Å². The molecule has 1 saturated heterocycles. The summed E-state index contributed by atoms with van der Waals surface area (Å²) >= 11 is 0. The number of epoxide rings is 1. The van der Waals surface area contributed by atoms with Gasteiger partial charge in [0.2, 0.25) is 0 Å². The Bertz CT molecular complexity index is 1360. The van der Waals surface area contributed by atoms with Crippen LogP contribution in [-0.2, 0) is 4.74 Å². The fraction of sp³-hybridized carbons (Fsp3) is 0.320. The number of aromatic nitrogens is 4. The Morgan fingerprint density at radius 1 is 1.10 bits per heavy atom. The van der Waals surface area contributed by atoms with E-state index in [2.05, 4.69) is 45.9 Å². The van der Waals surface area contributed by atoms with Crippen molar-refractivity contribution in [2.45, 2.75) is 50.5 Å². The van der Waals surface area contributed by atoms with E-state index < -0.39 is 0 Å². The molecule has 3 aliphatic rings. The first kappa shape index (κ1) is 17.6. The molecule has 2 bridgehead atoms. The first-order valence-electron chi connectivity index (χ1n) is 11.0. The monoisotopic (exact) mass is 409 g/mol. The van der Waals surface area contributed by atoms with Crippen molar-refractivity contribution in [2.24, 2.45) is 5.73 Å². The molecule has 3 aromatic heterocycles. The molecule has 4 unspecified atom stereocenters. The average molecular weight is 409 g/mol. The number of nitrogens with zero attached hydrogens (tertiary/aromatic N) is 4. The van der Waals surface area contributed by atoms with Crippen molar-refractivity contribution in [3.63, 3.8) is 0 Å². The summed E-state index contributed by atoms with van der Waals surface area (Å²) in [4.78, 5) is 14.6. The molecule has 1 saturated carbocycles. The maximum Gasteiger partial charge on any atom is 0.137 e. The normalized spacial score (nSPS) is 25.9. The van der Waals surface area contributed by atoms with E-state index in [1.165, 1.54) is 30.8 Å². The zero-order valence-electron chi connectivity index (χ0n) is 17.3. The van der Waals surface area contributed by atoms with Crippen molar-refractivity contribution in [2.75, 3.05) is 0 Å². The first-order chi connectivity index (χ1) is 15.2. The first-order valence-corrected chi connectivity index (χ1v) is 11.0. The maximum atomic E-state index is 5.94. The number of ether oxygens (including phenoxy) is 1. The Labute approximate surface area is 180 Å². The van der Waals surface area contributed by atoms with E-state index in [-0.39, 0.29) is 12.3 Å². The second kappa shape index (κ2) is 6.22. The Balaban J connectivity index is 1.51. The third kappa shape index (κ3) is 2.55. The molecule has 31 heavy (non-hydrogen) atoms. The Morgan fingerprint density at radius 2 is 2.00 bits per heavy atom. The number of fused-ring (bicyclic) bond motifs is 6. The summed E-state index contributed by atoms with van der Waals surface area (Å²) in [5.41, 5.74) is 13.3. The van der Waals surface area contributed by atoms with E-state index in [9.17, 15) is 0 Å². The number of aryl methyl sites for hydroxylation is 1. The van der Waals surface area contributed by atoms with Gasteiger partial charge >= 0.3 is 0 Å². The summed E-state index contributed by atoms with van der Waals surface area (Å²) in [6.45, 7) is 2.03. The van der Waals surface area contributed by atoms with Gasteiger partial charge in [-0.05, 0) is 62.1 Å². The molecule has 1 aliphatic carbocycles. The highest BCUT2D eigenvalue weighted by molar-refractivity contribution is 5.97. The number of nitrogens with two attached hydrogens (primary N) is 1. The highest BCUT2D eigenvalue weighted by Gasteiger charge is 2.42. The van der Waals surface area contributed by atoms with Crippen LogP contribution in [0.3, 0.4) is 0 Å². The second-order valence-electron chi connectivity index (χ2n) is 9.02. The number of imidazole rings is 1. The van der Waals surface area contributed by atoms with E-state index in [1.54, 1.807) is 0 Å². The molecule has 2 fully saturated rings. The fourth-order valence-electron chi connectivity index (χ4n) is 5.58. The predicted molar refractivity (Wildman–Crippen MR) is 118 cm³/mol. The summed E-state index contributed by atoms with van der Waals surface area (Å²) in [5, 5.41) is 1.11. The van der Waals surface area contributed by atoms with Crippen molar-refractivity contribution < 1.29 is 4.74 Å². The van der Waals surface area contributed by atoms with Gasteiger partial charge in [0.1, 0.15) is 23.9 Å². The number of rotatable bonds is 3. The molecule has 7 rings (SSSR count). The molecule has 6 heteroatoms. The van der Waals surface area contributed by atoms with Crippen LogP contribution in [0.5, 0.6) is 0 Å². The van der Waals surface area contributed by atoms with Gasteiger partial charge in [0, 0.05) is 34.8 Å². The Kier molecular flexibility index (Phi) is 3.52. The van der Waals surface area contributed by atoms with Crippen molar-refractivity contribution >= 4 is 10.9 Å². The van der Waals surface area contributed by atoms with Crippen LogP contribution in [-0.4, -0.2) is 25.7 Å². The molecule has 0 radical (unpaired) electrons. The van der Waals surface area contributed by atoms with Crippen molar-refractivity contribution in [1.29, 1.82) is 0 Å². The average Bonchev–Trinajstić information content (AvgIpc) is 3.13. The van der Waals surface area contributed by atoms with Crippen LogP contribution in [0.25, 0.3) is 33.5 Å². The van der Waals surface area contributed by atoms with Gasteiger partial charge in [-0.2, -0.15) is 0 Å². The number of hydrogen-bond donors (Lipinski definition) is 1. The second-order valence-corrected chi connectivity index (χ2v) is 9.02. The minimum Gasteiger partial charge on any atom is -0.348 e. The molecule has 0 spiro atoms. The Morgan fingerprint density at radius 3 is 2.84 bits per heavy atom. The maximum absolute atomic E-state index is 5.94. The number of benzene rings is 1. The van der Waals surface area contributed by atoms with Crippen molar-refractivity contribution in [3.8, 4) is 22.6 Å². The van der Waals surface area contributed by atoms with Crippen LogP contribution >= 0.6 is 0 Å². The number of pyridine rings is 2. The quantitative estimate of drug-likeness (QED) is 0.498. The van der Waals surface area contributed by atoms with E-state index in [4.69, 9.17) is 20.4 Å². The van der Waals surface area contributed by atoms with Gasteiger partial charge in [-0.3, -0.25) is 9.97 Å². The van der Waals surface area contributed by atoms with E-state index >= 15 is 0 Å². The van der Waals surface area contributed by atoms with Crippen LogP contribution in [0, 0.1) is 6.92 Å². The van der Waals surface area contributed by atoms with Crippen LogP contribution < -0.4 is 5.73 Å². The van der Waals surface area contributed by atoms with Gasteiger partial charge in [-0.15, -0.1) is 0 Å². The molecule has 6 nitrogen and oxygen atoms in total. The van der Waals surface area contributed by atoms with E-state index in [0.29, 0.717) is 12.0 Å². The zero-order valence-corrected chi connectivity index (χ0v) is 17.3. The van der Waals surface area contributed by atoms with Crippen LogP contribution in [0.15, 0.2) is 48.7 Å². The molecular formula is C25H23N5O. The molecule has 4 aromatic rings. The molecule has 1 aromatic carbocycles. The zero-order chi connectivity index (χ0) is 20.7. The summed E-state index contributed by atoms with van der Waals surface area (Å²) in [6, 6.07) is 15.1. The number of hydrogen-bond acceptors (Lipinski definition) is 5. The van der Waals surface area contributed by atoms with Crippen molar-refractivity contribution in [1.82, 2.24) is 19.5 Å². The lowest BCUT2D eigenvalue weighted by Crippen LogP contribution is -2.08. The third-order valence-corrected chi connectivity index (χ3v) is 7.08. The minimum absolute atomic E-state index is 0.0254. The standard InChI is InChI=1S/C25H23N5O/c1-13-3-2-4-20(28-13)21-22(30-16-7-5-15(11-16)25(30)29-21)17-9-10-27-19-8-6-14(12-18(17)19)23-24(26)31-23/h2-4,6,8-10,12,15-16,23-24H,5,7,11,26H2,1H3. The van der Waals surface area contributed by atoms with Gasteiger partial charge in [0.25, 0.3) is 0 Å². The third-order valence-electron chi connectivity index (χ3n) is 7.08. The van der Waals surface area contributed by atoms with Gasteiger partial charge in [0.05, 0.1) is 16.9 Å². The topological polar surface area (TPSA) is 82.2 Å². The van der Waals surface area contributed by atoms with Gasteiger partial charge in [-0.1, -0.05) is 12.1 Å². The van der Waals surface area contributed by atoms with Gasteiger partial charge in [0.15, 0.2) is 0 Å². The molecule has 5 heterocycles. The Hall–Kier alpha value is -3.09. The van der Waals surface area contributed by atoms with Crippen LogP contribution in [0.2, 0.25) is 0 Å². The van der Waals surface area contributed by atoms with Crippen LogP contribution in [0.4, 0.5) is 0 Å². The highest BCUT2D eigenvalue weighted by atomic mass is 16.6. The van der Waals surface area contributed by atoms with E-state index in [1.807, 2.05) is 19.2 Å². The SMILES string of the molecule is Cc1cccc(-c2nc3n(c2-c2ccnc4ccc(C5OC5N)cc24)C2CCC3C2)n1. The summed E-state index contributed by atoms with van der Waals surface area (Å²) < 4.78 is 8.03. The highest BCUT2D eigenvalue weighted by Crippen LogP contribution is 2.53. The molecule has 154 valence electrons. The largest absolute Gasteiger partial charge is 0.348 e. The van der Waals surface area contributed by atoms with Crippen molar-refractivity contribution in [3.05, 3.63) is 65.7 Å². The van der Waals surface area contributed by atoms with E-state index in [0.717, 1.165) is 39.1 Å². The summed E-state index contributed by atoms with van der Waals surface area (Å²) in [6.07, 6.45) is 5.33. The molecule has 4 atom stereocenters. The lowest BCUT2D eigenvalue weighted by atomic mass is 9.99. The lowest BCUT2D eigenvalue weighted by molar-refractivity contribution is 0.377. The summed E-state index contributed by atoms with van der Waals surface area (Å²) in [5.74, 6) is 1.78. The minimum atomic E-state index is -0.209. The summed E-state index contributed by atoms with van der Waals surface area (Å²) in [7, 11) is 0. The molecule has 2 N–H and O–H groups in total. The predicted octanol–water partition coefficient (Wildman–Crippen LogP) is 4.65. The molecule has 0 amide bonds. The molecular weight excluding hydrogens is 386 g/mol. The molecule has 2 aliphatic heterocycles. The lowest BCUT2D eigenvalue weighted by Gasteiger charge is -2.18. The fourth-order valence-corrected chi connectivity index (χ4v) is 5.58. The van der Waals surface area contributed by atoms with Crippen LogP contribution in [0.1, 0.15) is 54.4 Å². The van der Waals surface area contributed by atoms with Gasteiger partial charge < -0.3 is 15.0 Å². The smallest absolute Gasteiger partial charge is 0.137 e.